The molecule has 2 aromatic heterocycles. The van der Waals surface area contributed by atoms with Crippen LogP contribution in [0.1, 0.15) is 0 Å². The Morgan fingerprint density at radius 3 is 1.87 bits per heavy atom. The minimum atomic E-state index is 1.50. The first-order chi connectivity index (χ1) is 7.20. The van der Waals surface area contributed by atoms with Crippen LogP contribution in [0.5, 0.6) is 0 Å². The highest BCUT2D eigenvalue weighted by Crippen LogP contribution is 1.73. The van der Waals surface area contributed by atoms with Gasteiger partial charge in [-0.2, -0.15) is 5.10 Å². The molecule has 15 heavy (non-hydrogen) atoms. The third-order valence-corrected chi connectivity index (χ3v) is 1.17. The summed E-state index contributed by atoms with van der Waals surface area (Å²) in [6, 6.07) is 0. The predicted octanol–water partition coefficient (Wildman–Crippen LogP) is 0.498. The van der Waals surface area contributed by atoms with Crippen LogP contribution in [-0.2, 0) is 18.8 Å². The average molecular weight is 211 g/mol. The van der Waals surface area contributed by atoms with Gasteiger partial charge in [-0.05, 0) is 0 Å². The molecule has 0 unspecified atom stereocenters. The minimum absolute atomic E-state index is 1.50. The summed E-state index contributed by atoms with van der Waals surface area (Å²) in [7, 11) is 7.01. The van der Waals surface area contributed by atoms with E-state index in [2.05, 4.69) is 19.8 Å². The molecule has 0 atom stereocenters. The summed E-state index contributed by atoms with van der Waals surface area (Å²) in [5, 5.41) is 3.72. The van der Waals surface area contributed by atoms with Gasteiger partial charge in [-0.15, -0.1) is 0 Å². The van der Waals surface area contributed by atoms with E-state index in [1.165, 1.54) is 6.33 Å². The largest absolute Gasteiger partial charge is 0.388 e. The van der Waals surface area contributed by atoms with Crippen LogP contribution in [0.25, 0.3) is 0 Å². The summed E-state index contributed by atoms with van der Waals surface area (Å²) in [6.07, 6.45) is 8.53. The second-order valence-corrected chi connectivity index (χ2v) is 2.71. The smallest absolute Gasteiger partial charge is 0.137 e. The lowest BCUT2D eigenvalue weighted by molar-refractivity contribution is 0.277. The zero-order valence-corrected chi connectivity index (χ0v) is 9.53. The molecule has 6 nitrogen and oxygen atoms in total. The fraction of sp³-hybridized carbons (Fsp3) is 0.444. The molecule has 0 radical (unpaired) electrons. The molecular weight excluding hydrogens is 194 g/mol. The number of hydrogen-bond acceptors (Lipinski definition) is 4. The molecule has 0 aliphatic rings. The van der Waals surface area contributed by atoms with Crippen molar-refractivity contribution in [1.82, 2.24) is 24.3 Å². The van der Waals surface area contributed by atoms with E-state index in [4.69, 9.17) is 0 Å². The van der Waals surface area contributed by atoms with Gasteiger partial charge >= 0.3 is 0 Å². The van der Waals surface area contributed by atoms with E-state index in [1.54, 1.807) is 37.8 Å². The first-order valence-electron chi connectivity index (χ1n) is 4.31. The van der Waals surface area contributed by atoms with Gasteiger partial charge < -0.3 is 9.30 Å². The maximum absolute atomic E-state index is 4.25. The van der Waals surface area contributed by atoms with Crippen molar-refractivity contribution in [2.45, 2.75) is 0 Å². The van der Waals surface area contributed by atoms with Crippen molar-refractivity contribution in [1.29, 1.82) is 0 Å². The van der Waals surface area contributed by atoms with Crippen molar-refractivity contribution in [2.75, 3.05) is 14.2 Å². The van der Waals surface area contributed by atoms with E-state index in [-0.39, 0.29) is 0 Å². The Kier molecular flexibility index (Phi) is 7.89. The zero-order valence-electron chi connectivity index (χ0n) is 9.53. The number of aryl methyl sites for hydroxylation is 2. The van der Waals surface area contributed by atoms with E-state index < -0.39 is 0 Å². The van der Waals surface area contributed by atoms with Gasteiger partial charge in [-0.25, -0.2) is 9.97 Å². The molecule has 0 bridgehead atoms. The maximum atomic E-state index is 4.25. The third-order valence-electron chi connectivity index (χ3n) is 1.17. The normalized spacial score (nSPS) is 8.27. The number of nitrogens with zero attached hydrogens (tertiary/aromatic N) is 5. The number of rotatable bonds is 0. The van der Waals surface area contributed by atoms with Crippen LogP contribution in [0.2, 0.25) is 0 Å². The highest BCUT2D eigenvalue weighted by Gasteiger charge is 1.70. The molecule has 0 fully saturated rings. The molecule has 2 heterocycles. The van der Waals surface area contributed by atoms with Gasteiger partial charge in [-0.1, -0.05) is 0 Å². The molecule has 0 aliphatic heterocycles. The quantitative estimate of drug-likeness (QED) is 0.636. The van der Waals surface area contributed by atoms with E-state index >= 15 is 0 Å². The topological polar surface area (TPSA) is 57.8 Å². The van der Waals surface area contributed by atoms with Gasteiger partial charge in [0.1, 0.15) is 12.7 Å². The Hall–Kier alpha value is -1.69. The fourth-order valence-electron chi connectivity index (χ4n) is 0.593. The highest BCUT2D eigenvalue weighted by atomic mass is 16.4. The van der Waals surface area contributed by atoms with E-state index in [1.807, 2.05) is 24.9 Å². The van der Waals surface area contributed by atoms with E-state index in [0.29, 0.717) is 0 Å². The van der Waals surface area contributed by atoms with Crippen molar-refractivity contribution < 1.29 is 4.74 Å². The molecule has 0 saturated carbocycles. The van der Waals surface area contributed by atoms with Crippen LogP contribution in [0, 0.1) is 0 Å². The number of ether oxygens (including phenoxy) is 1. The molecule has 84 valence electrons. The number of aromatic nitrogens is 5. The third kappa shape index (κ3) is 8.63. The standard InChI is InChI=1S/C4H6N2.C3H5N3.C2H6O/c1-6-3-2-5-4-6;1-6-3-4-2-5-6;1-3-2/h2-4H,1H3;2-3H,1H3;1-2H3. The van der Waals surface area contributed by atoms with Crippen LogP contribution in [0.3, 0.4) is 0 Å². The minimum Gasteiger partial charge on any atom is -0.388 e. The van der Waals surface area contributed by atoms with Crippen molar-refractivity contribution in [3.8, 4) is 0 Å². The van der Waals surface area contributed by atoms with Gasteiger partial charge in [0.15, 0.2) is 0 Å². The molecule has 0 spiro atoms. The summed E-state index contributed by atoms with van der Waals surface area (Å²) >= 11 is 0. The lowest BCUT2D eigenvalue weighted by Crippen LogP contribution is -1.83. The Bertz CT molecular complexity index is 271. The summed E-state index contributed by atoms with van der Waals surface area (Å²) in [5.41, 5.74) is 0. The van der Waals surface area contributed by atoms with Gasteiger partial charge in [0, 0.05) is 40.7 Å². The molecule has 0 N–H and O–H groups in total. The molecule has 0 saturated heterocycles. The Labute approximate surface area is 89.5 Å². The first kappa shape index (κ1) is 13.3. The Morgan fingerprint density at radius 1 is 1.07 bits per heavy atom. The number of hydrogen-bond donors (Lipinski definition) is 0. The maximum Gasteiger partial charge on any atom is 0.137 e. The molecular formula is C9H17N5O. The highest BCUT2D eigenvalue weighted by molar-refractivity contribution is 4.70. The first-order valence-corrected chi connectivity index (χ1v) is 4.31. The summed E-state index contributed by atoms with van der Waals surface area (Å²) in [6.45, 7) is 0. The second kappa shape index (κ2) is 8.89. The molecule has 6 heteroatoms. The molecule has 0 amide bonds. The predicted molar refractivity (Wildman–Crippen MR) is 57.1 cm³/mol. The van der Waals surface area contributed by atoms with Gasteiger partial charge in [-0.3, -0.25) is 4.68 Å². The zero-order chi connectivity index (χ0) is 11.5. The van der Waals surface area contributed by atoms with E-state index in [0.717, 1.165) is 0 Å². The monoisotopic (exact) mass is 211 g/mol. The summed E-state index contributed by atoms with van der Waals surface area (Å²) in [5.74, 6) is 0. The molecule has 0 aromatic carbocycles. The van der Waals surface area contributed by atoms with Crippen LogP contribution >= 0.6 is 0 Å². The van der Waals surface area contributed by atoms with Crippen LogP contribution in [0.4, 0.5) is 0 Å². The van der Waals surface area contributed by atoms with Crippen molar-refractivity contribution in [3.63, 3.8) is 0 Å². The van der Waals surface area contributed by atoms with Gasteiger partial charge in [0.2, 0.25) is 0 Å². The van der Waals surface area contributed by atoms with Gasteiger partial charge in [0.05, 0.1) is 6.33 Å². The number of imidazole rings is 1. The Morgan fingerprint density at radius 2 is 1.73 bits per heavy atom. The molecule has 2 rings (SSSR count). The van der Waals surface area contributed by atoms with Crippen molar-refractivity contribution in [3.05, 3.63) is 31.4 Å². The van der Waals surface area contributed by atoms with E-state index in [9.17, 15) is 0 Å². The van der Waals surface area contributed by atoms with Crippen LogP contribution in [-0.4, -0.2) is 38.5 Å². The lowest BCUT2D eigenvalue weighted by Gasteiger charge is -1.76. The Balaban J connectivity index is 0.000000210. The summed E-state index contributed by atoms with van der Waals surface area (Å²) in [4.78, 5) is 7.46. The lowest BCUT2D eigenvalue weighted by atomic mass is 10.9. The van der Waals surface area contributed by atoms with Crippen molar-refractivity contribution >= 4 is 0 Å². The van der Waals surface area contributed by atoms with Gasteiger partial charge in [0.25, 0.3) is 0 Å². The fourth-order valence-corrected chi connectivity index (χ4v) is 0.593. The van der Waals surface area contributed by atoms with Crippen molar-refractivity contribution in [2.24, 2.45) is 14.1 Å². The van der Waals surface area contributed by atoms with Crippen LogP contribution < -0.4 is 0 Å². The molecule has 0 aliphatic carbocycles. The average Bonchev–Trinajstić information content (AvgIpc) is 2.81. The second-order valence-electron chi connectivity index (χ2n) is 2.71. The SMILES string of the molecule is COC.Cn1ccnc1.Cn1cncn1. The number of methoxy groups -OCH3 is 1. The summed E-state index contributed by atoms with van der Waals surface area (Å²) < 4.78 is 7.78. The van der Waals surface area contributed by atoms with Crippen LogP contribution in [0.15, 0.2) is 31.4 Å². The molecule has 2 aromatic rings.